The zero-order valence-corrected chi connectivity index (χ0v) is 14.9. The highest BCUT2D eigenvalue weighted by molar-refractivity contribution is 6.31. The molecule has 0 aliphatic carbocycles. The summed E-state index contributed by atoms with van der Waals surface area (Å²) in [5, 5.41) is 7.36. The fourth-order valence-corrected chi connectivity index (χ4v) is 2.36. The first-order chi connectivity index (χ1) is 12.0. The Morgan fingerprint density at radius 1 is 1.04 bits per heavy atom. The normalized spacial score (nSPS) is 11.1. The van der Waals surface area contributed by atoms with E-state index >= 15 is 0 Å². The second-order valence-electron chi connectivity index (χ2n) is 5.68. The fourth-order valence-electron chi connectivity index (χ4n) is 2.19. The molecule has 0 atom stereocenters. The van der Waals surface area contributed by atoms with Gasteiger partial charge in [-0.2, -0.15) is 5.10 Å². The molecule has 0 radical (unpaired) electrons. The number of carbonyl (C=O) groups excluding carboxylic acids is 2. The summed E-state index contributed by atoms with van der Waals surface area (Å²) in [6.45, 7) is 3.52. The maximum absolute atomic E-state index is 12.1. The van der Waals surface area contributed by atoms with Crippen molar-refractivity contribution in [2.45, 2.75) is 26.7 Å². The molecule has 6 heteroatoms. The molecular weight excluding hydrogens is 338 g/mol. The van der Waals surface area contributed by atoms with Gasteiger partial charge < -0.3 is 5.32 Å². The molecule has 0 saturated carbocycles. The smallest absolute Gasteiger partial charge is 0.244 e. The average Bonchev–Trinajstić information content (AvgIpc) is 2.58. The number of hydrogen-bond donors (Lipinski definition) is 2. The number of amides is 2. The Hall–Kier alpha value is -2.66. The van der Waals surface area contributed by atoms with Gasteiger partial charge in [0.2, 0.25) is 11.8 Å². The molecule has 130 valence electrons. The number of carbonyl (C=O) groups is 2. The minimum Gasteiger partial charge on any atom is -0.325 e. The largest absolute Gasteiger partial charge is 0.325 e. The van der Waals surface area contributed by atoms with Crippen LogP contribution in [0, 0.1) is 6.92 Å². The third kappa shape index (κ3) is 6.04. The summed E-state index contributed by atoms with van der Waals surface area (Å²) < 4.78 is 0. The lowest BCUT2D eigenvalue weighted by atomic mass is 10.1. The van der Waals surface area contributed by atoms with E-state index in [0.717, 1.165) is 11.1 Å². The number of nitrogens with one attached hydrogen (secondary N) is 2. The predicted octanol–water partition coefficient (Wildman–Crippen LogP) is 3.71. The molecule has 2 aromatic rings. The van der Waals surface area contributed by atoms with Gasteiger partial charge in [-0.25, -0.2) is 5.43 Å². The molecule has 0 bridgehead atoms. The van der Waals surface area contributed by atoms with Crippen LogP contribution in [0.25, 0.3) is 0 Å². The third-order valence-electron chi connectivity index (χ3n) is 3.54. The number of rotatable bonds is 6. The summed E-state index contributed by atoms with van der Waals surface area (Å²) in [4.78, 5) is 23.9. The minimum atomic E-state index is -0.225. The third-order valence-corrected chi connectivity index (χ3v) is 3.95. The highest BCUT2D eigenvalue weighted by atomic mass is 35.5. The molecule has 25 heavy (non-hydrogen) atoms. The first-order valence-electron chi connectivity index (χ1n) is 7.86. The molecule has 5 nitrogen and oxygen atoms in total. The Morgan fingerprint density at radius 3 is 2.48 bits per heavy atom. The number of benzene rings is 2. The monoisotopic (exact) mass is 357 g/mol. The van der Waals surface area contributed by atoms with Crippen LogP contribution in [0.1, 0.15) is 24.5 Å². The number of hydrazone groups is 1. The van der Waals surface area contributed by atoms with Gasteiger partial charge >= 0.3 is 0 Å². The van der Waals surface area contributed by atoms with Crippen LogP contribution in [0.15, 0.2) is 53.6 Å². The van der Waals surface area contributed by atoms with Gasteiger partial charge in [0.05, 0.1) is 12.8 Å². The Balaban J connectivity index is 1.85. The molecule has 0 fully saturated rings. The molecule has 0 spiro atoms. The van der Waals surface area contributed by atoms with E-state index in [9.17, 15) is 9.59 Å². The Bertz CT molecular complexity index is 789. The second kappa shape index (κ2) is 8.99. The van der Waals surface area contributed by atoms with Crippen molar-refractivity contribution in [3.63, 3.8) is 0 Å². The van der Waals surface area contributed by atoms with Crippen molar-refractivity contribution in [2.75, 3.05) is 5.32 Å². The quantitative estimate of drug-likeness (QED) is 0.611. The molecular formula is C19H20ClN3O2. The zero-order valence-electron chi connectivity index (χ0n) is 14.2. The van der Waals surface area contributed by atoms with Crippen LogP contribution in [0.3, 0.4) is 0 Å². The summed E-state index contributed by atoms with van der Waals surface area (Å²) in [6.07, 6.45) is 0.323. The molecule has 0 saturated heterocycles. The van der Waals surface area contributed by atoms with Crippen molar-refractivity contribution in [1.29, 1.82) is 0 Å². The molecule has 2 amide bonds. The number of nitrogens with zero attached hydrogens (tertiary/aromatic N) is 1. The highest BCUT2D eigenvalue weighted by Gasteiger charge is 2.09. The van der Waals surface area contributed by atoms with Gasteiger partial charge in [0.1, 0.15) is 0 Å². The lowest BCUT2D eigenvalue weighted by Crippen LogP contribution is -2.23. The SMILES string of the molecule is C/C(CC(=O)Nc1cccc(Cl)c1C)=N\NC(=O)Cc1ccccc1. The van der Waals surface area contributed by atoms with Gasteiger partial charge in [0, 0.05) is 16.4 Å². The molecule has 2 rings (SSSR count). The van der Waals surface area contributed by atoms with Gasteiger partial charge in [-0.3, -0.25) is 9.59 Å². The van der Waals surface area contributed by atoms with Crippen LogP contribution in [0.4, 0.5) is 5.69 Å². The Labute approximate surface area is 152 Å². The maximum Gasteiger partial charge on any atom is 0.244 e. The zero-order chi connectivity index (χ0) is 18.2. The van der Waals surface area contributed by atoms with Gasteiger partial charge in [0.15, 0.2) is 0 Å². The molecule has 0 aliphatic rings. The molecule has 0 unspecified atom stereocenters. The van der Waals surface area contributed by atoms with Crippen LogP contribution >= 0.6 is 11.6 Å². The van der Waals surface area contributed by atoms with Crippen molar-refractivity contribution < 1.29 is 9.59 Å². The van der Waals surface area contributed by atoms with E-state index < -0.39 is 0 Å². The first kappa shape index (κ1) is 18.7. The van der Waals surface area contributed by atoms with Gasteiger partial charge in [-0.1, -0.05) is 48.0 Å². The number of hydrogen-bond acceptors (Lipinski definition) is 3. The molecule has 0 aliphatic heterocycles. The summed E-state index contributed by atoms with van der Waals surface area (Å²) >= 11 is 6.03. The second-order valence-corrected chi connectivity index (χ2v) is 6.09. The number of anilines is 1. The van der Waals surface area contributed by atoms with Gasteiger partial charge in [0.25, 0.3) is 0 Å². The van der Waals surface area contributed by atoms with Crippen molar-refractivity contribution in [2.24, 2.45) is 5.10 Å². The van der Waals surface area contributed by atoms with E-state index in [2.05, 4.69) is 15.8 Å². The fraction of sp³-hybridized carbons (Fsp3) is 0.211. The van der Waals surface area contributed by atoms with E-state index in [0.29, 0.717) is 16.4 Å². The summed E-state index contributed by atoms with van der Waals surface area (Å²) in [5.41, 5.74) is 5.36. The summed E-state index contributed by atoms with van der Waals surface area (Å²) in [5.74, 6) is -0.444. The first-order valence-corrected chi connectivity index (χ1v) is 8.24. The Morgan fingerprint density at radius 2 is 1.76 bits per heavy atom. The standard InChI is InChI=1S/C19H20ClN3O2/c1-13(22-23-19(25)12-15-7-4-3-5-8-15)11-18(24)21-17-10-6-9-16(20)14(17)2/h3-10H,11-12H2,1-2H3,(H,21,24)(H,23,25)/b22-13+. The highest BCUT2D eigenvalue weighted by Crippen LogP contribution is 2.22. The van der Waals surface area contributed by atoms with Gasteiger partial charge in [-0.05, 0) is 37.1 Å². The van der Waals surface area contributed by atoms with E-state index in [1.807, 2.05) is 37.3 Å². The summed E-state index contributed by atoms with van der Waals surface area (Å²) in [6, 6.07) is 14.7. The lowest BCUT2D eigenvalue weighted by Gasteiger charge is -2.09. The predicted molar refractivity (Wildman–Crippen MR) is 101 cm³/mol. The van der Waals surface area contributed by atoms with E-state index in [1.54, 1.807) is 25.1 Å². The summed E-state index contributed by atoms with van der Waals surface area (Å²) in [7, 11) is 0. The number of halogens is 1. The van der Waals surface area contributed by atoms with Crippen molar-refractivity contribution >= 4 is 34.8 Å². The average molecular weight is 358 g/mol. The van der Waals surface area contributed by atoms with Crippen molar-refractivity contribution in [1.82, 2.24) is 5.43 Å². The van der Waals surface area contributed by atoms with E-state index in [1.165, 1.54) is 0 Å². The van der Waals surface area contributed by atoms with Crippen LogP contribution in [0.2, 0.25) is 5.02 Å². The van der Waals surface area contributed by atoms with Crippen molar-refractivity contribution in [3.8, 4) is 0 Å². The van der Waals surface area contributed by atoms with Crippen molar-refractivity contribution in [3.05, 3.63) is 64.7 Å². The van der Waals surface area contributed by atoms with Crippen LogP contribution < -0.4 is 10.7 Å². The van der Waals surface area contributed by atoms with Crippen LogP contribution in [-0.4, -0.2) is 17.5 Å². The topological polar surface area (TPSA) is 70.6 Å². The van der Waals surface area contributed by atoms with Gasteiger partial charge in [-0.15, -0.1) is 0 Å². The van der Waals surface area contributed by atoms with Crippen LogP contribution in [0.5, 0.6) is 0 Å². The molecule has 0 aromatic heterocycles. The minimum absolute atomic E-state index is 0.0809. The van der Waals surface area contributed by atoms with E-state index in [4.69, 9.17) is 11.6 Å². The molecule has 2 N–H and O–H groups in total. The lowest BCUT2D eigenvalue weighted by molar-refractivity contribution is -0.120. The van der Waals surface area contributed by atoms with Crippen LogP contribution in [-0.2, 0) is 16.0 Å². The molecule has 0 heterocycles. The Kier molecular flexibility index (Phi) is 6.71. The maximum atomic E-state index is 12.1. The van der Waals surface area contributed by atoms with E-state index in [-0.39, 0.29) is 24.7 Å². The molecule has 2 aromatic carbocycles.